The van der Waals surface area contributed by atoms with Crippen molar-refractivity contribution in [1.29, 1.82) is 0 Å². The summed E-state index contributed by atoms with van der Waals surface area (Å²) in [5.74, 6) is -0.207. The quantitative estimate of drug-likeness (QED) is 0.805. The first-order valence-corrected chi connectivity index (χ1v) is 9.06. The molecule has 1 aliphatic heterocycles. The van der Waals surface area contributed by atoms with Crippen LogP contribution in [-0.2, 0) is 4.79 Å². The van der Waals surface area contributed by atoms with Gasteiger partial charge >= 0.3 is 0 Å². The van der Waals surface area contributed by atoms with Crippen molar-refractivity contribution >= 4 is 35.2 Å². The molecule has 2 aromatic carbocycles. The number of anilines is 1. The average Bonchev–Trinajstić information content (AvgIpc) is 3.17. The van der Waals surface area contributed by atoms with Gasteiger partial charge in [0.1, 0.15) is 0 Å². The third-order valence-electron chi connectivity index (χ3n) is 4.51. The predicted octanol–water partition coefficient (Wildman–Crippen LogP) is 4.54. The molecule has 1 aliphatic rings. The van der Waals surface area contributed by atoms with Crippen molar-refractivity contribution in [1.82, 2.24) is 4.90 Å². The van der Waals surface area contributed by atoms with Gasteiger partial charge in [0.15, 0.2) is 0 Å². The van der Waals surface area contributed by atoms with E-state index in [4.69, 9.17) is 11.6 Å². The van der Waals surface area contributed by atoms with E-state index in [9.17, 15) is 9.59 Å². The van der Waals surface area contributed by atoms with Crippen molar-refractivity contribution < 1.29 is 9.59 Å². The summed E-state index contributed by atoms with van der Waals surface area (Å²) in [5, 5.41) is 3.51. The van der Waals surface area contributed by atoms with Crippen LogP contribution in [0.1, 0.15) is 34.3 Å². The van der Waals surface area contributed by atoms with Crippen molar-refractivity contribution in [3.63, 3.8) is 0 Å². The summed E-state index contributed by atoms with van der Waals surface area (Å²) < 4.78 is 0. The molecule has 1 N–H and O–H groups in total. The molecule has 5 heteroatoms. The molecule has 3 rings (SSSR count). The van der Waals surface area contributed by atoms with E-state index >= 15 is 0 Å². The standard InChI is InChI=1S/C21H21ClN2O2/c1-15-18(21(26)24-13-2-3-14-24)5-4-6-19(15)23-20(25)12-9-16-7-10-17(22)11-8-16/h4-12H,2-3,13-14H2,1H3,(H,23,25). The largest absolute Gasteiger partial charge is 0.339 e. The molecule has 26 heavy (non-hydrogen) atoms. The minimum absolute atomic E-state index is 0.0350. The van der Waals surface area contributed by atoms with Crippen LogP contribution in [0.5, 0.6) is 0 Å². The number of carbonyl (C=O) groups excluding carboxylic acids is 2. The summed E-state index contributed by atoms with van der Waals surface area (Å²) in [5.41, 5.74) is 2.98. The van der Waals surface area contributed by atoms with Gasteiger partial charge in [-0.25, -0.2) is 0 Å². The number of benzene rings is 2. The summed E-state index contributed by atoms with van der Waals surface area (Å²) in [4.78, 5) is 26.7. The fraction of sp³-hybridized carbons (Fsp3) is 0.238. The highest BCUT2D eigenvalue weighted by Gasteiger charge is 2.21. The molecule has 0 atom stereocenters. The minimum atomic E-state index is -0.242. The van der Waals surface area contributed by atoms with Crippen molar-refractivity contribution in [2.45, 2.75) is 19.8 Å². The molecule has 2 amide bonds. The van der Waals surface area contributed by atoms with Gasteiger partial charge in [-0.3, -0.25) is 9.59 Å². The lowest BCUT2D eigenvalue weighted by Crippen LogP contribution is -2.28. The molecule has 0 aromatic heterocycles. The third kappa shape index (κ3) is 4.33. The van der Waals surface area contributed by atoms with E-state index in [1.165, 1.54) is 6.08 Å². The number of hydrogen-bond acceptors (Lipinski definition) is 2. The van der Waals surface area contributed by atoms with Crippen LogP contribution in [0.4, 0.5) is 5.69 Å². The Balaban J connectivity index is 1.71. The molecule has 0 unspecified atom stereocenters. The van der Waals surface area contributed by atoms with E-state index in [0.29, 0.717) is 16.3 Å². The Hall–Kier alpha value is -2.59. The minimum Gasteiger partial charge on any atom is -0.339 e. The highest BCUT2D eigenvalue weighted by Crippen LogP contribution is 2.22. The van der Waals surface area contributed by atoms with Crippen LogP contribution in [0, 0.1) is 6.92 Å². The number of nitrogens with zero attached hydrogens (tertiary/aromatic N) is 1. The number of likely N-dealkylation sites (tertiary alicyclic amines) is 1. The second-order valence-electron chi connectivity index (χ2n) is 6.35. The van der Waals surface area contributed by atoms with Crippen LogP contribution in [-0.4, -0.2) is 29.8 Å². The van der Waals surface area contributed by atoms with Crippen molar-refractivity contribution in [2.24, 2.45) is 0 Å². The van der Waals surface area contributed by atoms with Crippen LogP contribution in [0.25, 0.3) is 6.08 Å². The Morgan fingerprint density at radius 2 is 1.77 bits per heavy atom. The number of carbonyl (C=O) groups is 2. The van der Waals surface area contributed by atoms with E-state index in [2.05, 4.69) is 5.32 Å². The number of rotatable bonds is 4. The van der Waals surface area contributed by atoms with Gasteiger partial charge in [0, 0.05) is 35.4 Å². The lowest BCUT2D eigenvalue weighted by molar-refractivity contribution is -0.111. The zero-order chi connectivity index (χ0) is 18.5. The van der Waals surface area contributed by atoms with Gasteiger partial charge in [-0.2, -0.15) is 0 Å². The van der Waals surface area contributed by atoms with Gasteiger partial charge in [0.05, 0.1) is 0 Å². The van der Waals surface area contributed by atoms with Crippen molar-refractivity contribution in [3.05, 3.63) is 70.3 Å². The molecule has 2 aromatic rings. The fourth-order valence-electron chi connectivity index (χ4n) is 3.01. The molecule has 4 nitrogen and oxygen atoms in total. The van der Waals surface area contributed by atoms with E-state index in [1.807, 2.05) is 36.1 Å². The van der Waals surface area contributed by atoms with Crippen molar-refractivity contribution in [3.8, 4) is 0 Å². The van der Waals surface area contributed by atoms with Crippen LogP contribution in [0.15, 0.2) is 48.5 Å². The molecule has 134 valence electrons. The smallest absolute Gasteiger partial charge is 0.254 e. The maximum atomic E-state index is 12.6. The molecule has 0 radical (unpaired) electrons. The van der Waals surface area contributed by atoms with E-state index in [1.54, 1.807) is 24.3 Å². The average molecular weight is 369 g/mol. The summed E-state index contributed by atoms with van der Waals surface area (Å²) in [6, 6.07) is 12.7. The summed E-state index contributed by atoms with van der Waals surface area (Å²) in [7, 11) is 0. The highest BCUT2D eigenvalue weighted by atomic mass is 35.5. The number of halogens is 1. The molecule has 1 heterocycles. The number of amides is 2. The third-order valence-corrected chi connectivity index (χ3v) is 4.76. The van der Waals surface area contributed by atoms with Crippen LogP contribution in [0.3, 0.4) is 0 Å². The normalized spacial score (nSPS) is 14.0. The van der Waals surface area contributed by atoms with Gasteiger partial charge in [-0.05, 0) is 61.2 Å². The lowest BCUT2D eigenvalue weighted by Gasteiger charge is -2.18. The molecule has 0 aliphatic carbocycles. The van der Waals surface area contributed by atoms with Crippen LogP contribution in [0.2, 0.25) is 5.02 Å². The van der Waals surface area contributed by atoms with Crippen LogP contribution < -0.4 is 5.32 Å². The molecule has 0 bridgehead atoms. The van der Waals surface area contributed by atoms with Gasteiger partial charge < -0.3 is 10.2 Å². The molecule has 0 spiro atoms. The predicted molar refractivity (Wildman–Crippen MR) is 105 cm³/mol. The monoisotopic (exact) mass is 368 g/mol. The molecule has 1 saturated heterocycles. The second-order valence-corrected chi connectivity index (χ2v) is 6.79. The number of nitrogens with one attached hydrogen (secondary N) is 1. The first kappa shape index (κ1) is 18.2. The summed E-state index contributed by atoms with van der Waals surface area (Å²) in [6.45, 7) is 3.47. The van der Waals surface area contributed by atoms with E-state index < -0.39 is 0 Å². The topological polar surface area (TPSA) is 49.4 Å². The van der Waals surface area contributed by atoms with Gasteiger partial charge in [-0.15, -0.1) is 0 Å². The zero-order valence-electron chi connectivity index (χ0n) is 14.7. The Bertz CT molecular complexity index is 838. The fourth-order valence-corrected chi connectivity index (χ4v) is 3.14. The number of hydrogen-bond donors (Lipinski definition) is 1. The SMILES string of the molecule is Cc1c(NC(=O)C=Cc2ccc(Cl)cc2)cccc1C(=O)N1CCCC1. The molecular weight excluding hydrogens is 348 g/mol. The van der Waals surface area contributed by atoms with Crippen molar-refractivity contribution in [2.75, 3.05) is 18.4 Å². The molecular formula is C21H21ClN2O2. The van der Waals surface area contributed by atoms with Crippen LogP contribution >= 0.6 is 11.6 Å². The van der Waals surface area contributed by atoms with E-state index in [-0.39, 0.29) is 11.8 Å². The zero-order valence-corrected chi connectivity index (χ0v) is 15.4. The Labute approximate surface area is 158 Å². The summed E-state index contributed by atoms with van der Waals surface area (Å²) >= 11 is 5.85. The molecule has 1 fully saturated rings. The van der Waals surface area contributed by atoms with E-state index in [0.717, 1.165) is 37.1 Å². The highest BCUT2D eigenvalue weighted by molar-refractivity contribution is 6.30. The maximum absolute atomic E-state index is 12.6. The van der Waals surface area contributed by atoms with Gasteiger partial charge in [-0.1, -0.05) is 29.8 Å². The maximum Gasteiger partial charge on any atom is 0.254 e. The summed E-state index contributed by atoms with van der Waals surface area (Å²) in [6.07, 6.45) is 5.30. The second kappa shape index (κ2) is 8.19. The van der Waals surface area contributed by atoms with Gasteiger partial charge in [0.2, 0.25) is 5.91 Å². The Morgan fingerprint density at radius 3 is 2.46 bits per heavy atom. The first-order valence-electron chi connectivity index (χ1n) is 8.68. The lowest BCUT2D eigenvalue weighted by atomic mass is 10.1. The Kier molecular flexibility index (Phi) is 5.74. The Morgan fingerprint density at radius 1 is 1.08 bits per heavy atom. The first-order chi connectivity index (χ1) is 12.5. The van der Waals surface area contributed by atoms with Gasteiger partial charge in [0.25, 0.3) is 5.91 Å². The molecule has 0 saturated carbocycles.